The lowest BCUT2D eigenvalue weighted by Gasteiger charge is -2.04. The fourth-order valence-electron chi connectivity index (χ4n) is 0.639. The van der Waals surface area contributed by atoms with Crippen LogP contribution in [0.15, 0.2) is 12.2 Å². The highest BCUT2D eigenvalue weighted by molar-refractivity contribution is 5.81. The summed E-state index contributed by atoms with van der Waals surface area (Å²) in [5.41, 5.74) is 0. The highest BCUT2D eigenvalue weighted by Crippen LogP contribution is 1.85. The molecule has 0 aromatic heterocycles. The number of carbonyl (C=O) groups excluding carboxylic acids is 1. The smallest absolute Gasteiger partial charge is 0.150 e. The molecule has 0 aliphatic rings. The monoisotopic (exact) mass is 155 g/mol. The van der Waals surface area contributed by atoms with Crippen LogP contribution in [0.5, 0.6) is 0 Å². The van der Waals surface area contributed by atoms with Crippen LogP contribution >= 0.6 is 0 Å². The fraction of sp³-hybridized carbons (Fsp3) is 0.667. The molecule has 64 valence electrons. The second kappa shape index (κ2) is 6.10. The van der Waals surface area contributed by atoms with Gasteiger partial charge in [0.1, 0.15) is 5.78 Å². The third-order valence-electron chi connectivity index (χ3n) is 1.29. The summed E-state index contributed by atoms with van der Waals surface area (Å²) in [5.74, 6) is 0.247. The minimum atomic E-state index is 0.247. The van der Waals surface area contributed by atoms with Crippen molar-refractivity contribution in [3.63, 3.8) is 0 Å². The quantitative estimate of drug-likeness (QED) is 0.610. The van der Waals surface area contributed by atoms with Gasteiger partial charge in [-0.3, -0.25) is 4.79 Å². The van der Waals surface area contributed by atoms with Crippen LogP contribution in [-0.4, -0.2) is 18.4 Å². The molecule has 0 spiro atoms. The van der Waals surface area contributed by atoms with Gasteiger partial charge >= 0.3 is 0 Å². The number of carbonyl (C=O) groups is 1. The average Bonchev–Trinajstić information content (AvgIpc) is 1.97. The lowest BCUT2D eigenvalue weighted by molar-refractivity contribution is -0.117. The van der Waals surface area contributed by atoms with Crippen molar-refractivity contribution in [2.45, 2.75) is 33.2 Å². The summed E-state index contributed by atoms with van der Waals surface area (Å²) in [6, 6.07) is 0.393. The molecule has 1 N–H and O–H groups in total. The van der Waals surface area contributed by atoms with Gasteiger partial charge in [0, 0.05) is 12.5 Å². The van der Waals surface area contributed by atoms with Crippen LogP contribution in [0.2, 0.25) is 0 Å². The Kier molecular flexibility index (Phi) is 5.75. The van der Waals surface area contributed by atoms with E-state index in [1.54, 1.807) is 0 Å². The van der Waals surface area contributed by atoms with E-state index in [4.69, 9.17) is 0 Å². The van der Waals surface area contributed by atoms with Gasteiger partial charge in [-0.2, -0.15) is 0 Å². The van der Waals surface area contributed by atoms with Crippen LogP contribution in [0.4, 0.5) is 0 Å². The SMILES string of the molecule is C/C=C/CC(=O)CNC(C)C. The van der Waals surface area contributed by atoms with E-state index < -0.39 is 0 Å². The lowest BCUT2D eigenvalue weighted by Crippen LogP contribution is -2.28. The van der Waals surface area contributed by atoms with Gasteiger partial charge in [-0.15, -0.1) is 0 Å². The third-order valence-corrected chi connectivity index (χ3v) is 1.29. The van der Waals surface area contributed by atoms with Gasteiger partial charge in [-0.1, -0.05) is 26.0 Å². The number of nitrogens with one attached hydrogen (secondary N) is 1. The standard InChI is InChI=1S/C9H17NO/c1-4-5-6-9(11)7-10-8(2)3/h4-5,8,10H,6-7H2,1-3H3/b5-4+. The van der Waals surface area contributed by atoms with Crippen LogP contribution in [0, 0.1) is 0 Å². The average molecular weight is 155 g/mol. The summed E-state index contributed by atoms with van der Waals surface area (Å²) < 4.78 is 0. The van der Waals surface area contributed by atoms with Crippen LogP contribution in [0.3, 0.4) is 0 Å². The Bertz CT molecular complexity index is 138. The zero-order valence-corrected chi connectivity index (χ0v) is 7.55. The van der Waals surface area contributed by atoms with Crippen LogP contribution in [-0.2, 0) is 4.79 Å². The van der Waals surface area contributed by atoms with Gasteiger partial charge in [0.25, 0.3) is 0 Å². The molecule has 0 aromatic rings. The Labute approximate surface area is 68.7 Å². The van der Waals surface area contributed by atoms with Crippen molar-refractivity contribution in [1.82, 2.24) is 5.32 Å². The molecule has 0 saturated heterocycles. The maximum absolute atomic E-state index is 11.0. The van der Waals surface area contributed by atoms with E-state index >= 15 is 0 Å². The van der Waals surface area contributed by atoms with E-state index in [0.29, 0.717) is 19.0 Å². The Hall–Kier alpha value is -0.630. The first-order chi connectivity index (χ1) is 5.16. The summed E-state index contributed by atoms with van der Waals surface area (Å²) in [6.07, 6.45) is 4.33. The molecule has 0 bridgehead atoms. The molecule has 2 nitrogen and oxygen atoms in total. The predicted octanol–water partition coefficient (Wildman–Crippen LogP) is 1.52. The molecule has 0 aliphatic heterocycles. The molecule has 0 fully saturated rings. The van der Waals surface area contributed by atoms with Gasteiger partial charge < -0.3 is 5.32 Å². The normalized spacial score (nSPS) is 11.3. The molecule has 2 heteroatoms. The first-order valence-electron chi connectivity index (χ1n) is 4.03. The number of ketones is 1. The summed E-state index contributed by atoms with van der Waals surface area (Å²) in [4.78, 5) is 11.0. The highest BCUT2D eigenvalue weighted by atomic mass is 16.1. The largest absolute Gasteiger partial charge is 0.308 e. The van der Waals surface area contributed by atoms with Gasteiger partial charge in [0.05, 0.1) is 6.54 Å². The molecule has 0 aliphatic carbocycles. The zero-order chi connectivity index (χ0) is 8.69. The molecule has 11 heavy (non-hydrogen) atoms. The van der Waals surface area contributed by atoms with E-state index in [-0.39, 0.29) is 5.78 Å². The maximum Gasteiger partial charge on any atom is 0.150 e. The van der Waals surface area contributed by atoms with Crippen molar-refractivity contribution < 1.29 is 4.79 Å². The van der Waals surface area contributed by atoms with E-state index in [0.717, 1.165) is 0 Å². The zero-order valence-electron chi connectivity index (χ0n) is 7.55. The van der Waals surface area contributed by atoms with Gasteiger partial charge in [0.2, 0.25) is 0 Å². The van der Waals surface area contributed by atoms with Crippen molar-refractivity contribution in [3.05, 3.63) is 12.2 Å². The first kappa shape index (κ1) is 10.4. The number of rotatable bonds is 5. The summed E-state index contributed by atoms with van der Waals surface area (Å²) in [7, 11) is 0. The maximum atomic E-state index is 11.0. The van der Waals surface area contributed by atoms with Crippen molar-refractivity contribution >= 4 is 5.78 Å². The molecule has 0 rings (SSSR count). The second-order valence-corrected chi connectivity index (χ2v) is 2.85. The molecule has 0 amide bonds. The van der Waals surface area contributed by atoms with Crippen LogP contribution in [0.1, 0.15) is 27.2 Å². The van der Waals surface area contributed by atoms with E-state index in [9.17, 15) is 4.79 Å². The molecule has 0 heterocycles. The summed E-state index contributed by atoms with van der Waals surface area (Å²) >= 11 is 0. The van der Waals surface area contributed by atoms with Gasteiger partial charge in [-0.25, -0.2) is 0 Å². The Morgan fingerprint density at radius 1 is 1.55 bits per heavy atom. The van der Waals surface area contributed by atoms with Crippen molar-refractivity contribution in [2.75, 3.05) is 6.54 Å². The number of allylic oxidation sites excluding steroid dienone is 2. The first-order valence-corrected chi connectivity index (χ1v) is 4.03. The van der Waals surface area contributed by atoms with E-state index in [1.165, 1.54) is 0 Å². The molecule has 0 aromatic carbocycles. The minimum absolute atomic E-state index is 0.247. The van der Waals surface area contributed by atoms with Crippen molar-refractivity contribution in [2.24, 2.45) is 0 Å². The summed E-state index contributed by atoms with van der Waals surface area (Å²) in [5, 5.41) is 3.07. The molecular formula is C9H17NO. The topological polar surface area (TPSA) is 29.1 Å². The molecule has 0 atom stereocenters. The lowest BCUT2D eigenvalue weighted by atomic mass is 10.2. The Morgan fingerprint density at radius 2 is 2.18 bits per heavy atom. The highest BCUT2D eigenvalue weighted by Gasteiger charge is 1.98. The summed E-state index contributed by atoms with van der Waals surface area (Å²) in [6.45, 7) is 6.47. The molecule has 0 unspecified atom stereocenters. The number of Topliss-reactive ketones (excluding diaryl/α,β-unsaturated/α-hetero) is 1. The minimum Gasteiger partial charge on any atom is -0.308 e. The second-order valence-electron chi connectivity index (χ2n) is 2.85. The van der Waals surface area contributed by atoms with Gasteiger partial charge in [-0.05, 0) is 6.92 Å². The number of hydrogen-bond donors (Lipinski definition) is 1. The third kappa shape index (κ3) is 7.26. The molecular weight excluding hydrogens is 138 g/mol. The Balaban J connectivity index is 3.37. The van der Waals surface area contributed by atoms with Crippen molar-refractivity contribution in [3.8, 4) is 0 Å². The van der Waals surface area contributed by atoms with E-state index in [2.05, 4.69) is 5.32 Å². The molecule has 0 saturated carbocycles. The Morgan fingerprint density at radius 3 is 2.64 bits per heavy atom. The predicted molar refractivity (Wildman–Crippen MR) is 47.6 cm³/mol. The van der Waals surface area contributed by atoms with Crippen molar-refractivity contribution in [1.29, 1.82) is 0 Å². The van der Waals surface area contributed by atoms with E-state index in [1.807, 2.05) is 32.9 Å². The fourth-order valence-corrected chi connectivity index (χ4v) is 0.639. The molecule has 0 radical (unpaired) electrons. The van der Waals surface area contributed by atoms with Gasteiger partial charge in [0.15, 0.2) is 0 Å². The van der Waals surface area contributed by atoms with Crippen LogP contribution < -0.4 is 5.32 Å². The van der Waals surface area contributed by atoms with Crippen LogP contribution in [0.25, 0.3) is 0 Å². The number of hydrogen-bond acceptors (Lipinski definition) is 2.